The molecular formula is C19H19N3O3. The van der Waals surface area contributed by atoms with Crippen molar-refractivity contribution in [1.82, 2.24) is 9.55 Å². The molecule has 1 N–H and O–H groups in total. The van der Waals surface area contributed by atoms with Crippen LogP contribution in [0.3, 0.4) is 0 Å². The van der Waals surface area contributed by atoms with Gasteiger partial charge in [-0.3, -0.25) is 4.79 Å². The number of benzene rings is 2. The molecule has 2 aromatic carbocycles. The van der Waals surface area contributed by atoms with E-state index < -0.39 is 0 Å². The van der Waals surface area contributed by atoms with Crippen LogP contribution < -0.4 is 5.32 Å². The molecule has 25 heavy (non-hydrogen) atoms. The fourth-order valence-corrected chi connectivity index (χ4v) is 2.59. The van der Waals surface area contributed by atoms with Crippen molar-refractivity contribution in [3.63, 3.8) is 0 Å². The normalized spacial score (nSPS) is 10.6. The standard InChI is InChI=1S/C19H19N3O3/c1-3-25-19(24)14-5-7-15(8-6-14)21-18(23)11-13-4-9-17-16(10-13)20-12-22(17)2/h4-10,12H,3,11H2,1-2H3,(H,21,23). The Hall–Kier alpha value is -3.15. The van der Waals surface area contributed by atoms with Crippen LogP contribution in [0.25, 0.3) is 11.0 Å². The summed E-state index contributed by atoms with van der Waals surface area (Å²) in [7, 11) is 1.93. The van der Waals surface area contributed by atoms with E-state index in [2.05, 4.69) is 10.3 Å². The van der Waals surface area contributed by atoms with Crippen LogP contribution >= 0.6 is 0 Å². The number of ether oxygens (including phenoxy) is 1. The van der Waals surface area contributed by atoms with E-state index in [1.807, 2.05) is 29.8 Å². The monoisotopic (exact) mass is 337 g/mol. The SMILES string of the molecule is CCOC(=O)c1ccc(NC(=O)Cc2ccc3c(c2)ncn3C)cc1. The molecule has 0 aliphatic rings. The molecule has 0 aliphatic carbocycles. The van der Waals surface area contributed by atoms with E-state index in [9.17, 15) is 9.59 Å². The fourth-order valence-electron chi connectivity index (χ4n) is 2.59. The molecule has 0 saturated carbocycles. The lowest BCUT2D eigenvalue weighted by molar-refractivity contribution is -0.115. The quantitative estimate of drug-likeness (QED) is 0.727. The summed E-state index contributed by atoms with van der Waals surface area (Å²) in [5.41, 5.74) is 3.88. The van der Waals surface area contributed by atoms with Crippen LogP contribution in [0.1, 0.15) is 22.8 Å². The lowest BCUT2D eigenvalue weighted by atomic mass is 10.1. The largest absolute Gasteiger partial charge is 0.462 e. The predicted octanol–water partition coefficient (Wildman–Crippen LogP) is 2.93. The van der Waals surface area contributed by atoms with Gasteiger partial charge in [-0.2, -0.15) is 0 Å². The first-order valence-corrected chi connectivity index (χ1v) is 8.04. The van der Waals surface area contributed by atoms with Crippen LogP contribution in [-0.2, 0) is 23.0 Å². The number of rotatable bonds is 5. The van der Waals surface area contributed by atoms with Crippen molar-refractivity contribution < 1.29 is 14.3 Å². The van der Waals surface area contributed by atoms with Crippen LogP contribution in [-0.4, -0.2) is 28.0 Å². The van der Waals surface area contributed by atoms with E-state index in [1.54, 1.807) is 37.5 Å². The molecule has 0 spiro atoms. The smallest absolute Gasteiger partial charge is 0.338 e. The number of nitrogens with one attached hydrogen (secondary N) is 1. The fraction of sp³-hybridized carbons (Fsp3) is 0.211. The van der Waals surface area contributed by atoms with Gasteiger partial charge in [0.25, 0.3) is 0 Å². The van der Waals surface area contributed by atoms with Gasteiger partial charge in [0.1, 0.15) is 0 Å². The van der Waals surface area contributed by atoms with Crippen molar-refractivity contribution >= 4 is 28.6 Å². The Morgan fingerprint density at radius 2 is 1.92 bits per heavy atom. The highest BCUT2D eigenvalue weighted by atomic mass is 16.5. The van der Waals surface area contributed by atoms with Crippen molar-refractivity contribution in [3.8, 4) is 0 Å². The Kier molecular flexibility index (Phi) is 4.79. The number of amides is 1. The second kappa shape index (κ2) is 7.17. The highest BCUT2D eigenvalue weighted by Gasteiger charge is 2.09. The summed E-state index contributed by atoms with van der Waals surface area (Å²) in [5, 5.41) is 2.83. The maximum absolute atomic E-state index is 12.2. The van der Waals surface area contributed by atoms with Gasteiger partial charge in [0.05, 0.1) is 36.0 Å². The summed E-state index contributed by atoms with van der Waals surface area (Å²) >= 11 is 0. The zero-order valence-electron chi connectivity index (χ0n) is 14.2. The van der Waals surface area contributed by atoms with Gasteiger partial charge >= 0.3 is 5.97 Å². The average molecular weight is 337 g/mol. The summed E-state index contributed by atoms with van der Waals surface area (Å²) < 4.78 is 6.87. The summed E-state index contributed by atoms with van der Waals surface area (Å²) in [6.07, 6.45) is 2.01. The molecule has 3 aromatic rings. The molecule has 1 aromatic heterocycles. The number of imidazole rings is 1. The van der Waals surface area contributed by atoms with Gasteiger partial charge in [0.2, 0.25) is 5.91 Å². The third-order valence-corrected chi connectivity index (χ3v) is 3.83. The maximum Gasteiger partial charge on any atom is 0.338 e. The molecule has 0 radical (unpaired) electrons. The number of esters is 1. The van der Waals surface area contributed by atoms with E-state index in [0.717, 1.165) is 16.6 Å². The molecule has 0 saturated heterocycles. The van der Waals surface area contributed by atoms with E-state index in [0.29, 0.717) is 17.9 Å². The number of nitrogens with zero attached hydrogens (tertiary/aromatic N) is 2. The summed E-state index contributed by atoms with van der Waals surface area (Å²) in [6.45, 7) is 2.09. The first-order chi connectivity index (χ1) is 12.1. The third-order valence-electron chi connectivity index (χ3n) is 3.83. The Balaban J connectivity index is 1.64. The number of carbonyl (C=O) groups is 2. The highest BCUT2D eigenvalue weighted by Crippen LogP contribution is 2.15. The van der Waals surface area contributed by atoms with Crippen LogP contribution in [0.2, 0.25) is 0 Å². The zero-order valence-corrected chi connectivity index (χ0v) is 14.2. The molecule has 0 aliphatic heterocycles. The number of aryl methyl sites for hydroxylation is 1. The molecule has 1 heterocycles. The minimum atomic E-state index is -0.371. The third kappa shape index (κ3) is 3.85. The molecule has 0 fully saturated rings. The minimum absolute atomic E-state index is 0.126. The molecule has 3 rings (SSSR count). The van der Waals surface area contributed by atoms with Crippen molar-refractivity contribution in [2.75, 3.05) is 11.9 Å². The summed E-state index contributed by atoms with van der Waals surface area (Å²) in [6, 6.07) is 12.4. The Morgan fingerprint density at radius 1 is 1.16 bits per heavy atom. The number of hydrogen-bond donors (Lipinski definition) is 1. The molecular weight excluding hydrogens is 318 g/mol. The van der Waals surface area contributed by atoms with Crippen LogP contribution in [0, 0.1) is 0 Å². The van der Waals surface area contributed by atoms with Crippen molar-refractivity contribution in [2.24, 2.45) is 7.05 Å². The van der Waals surface area contributed by atoms with Gasteiger partial charge in [-0.1, -0.05) is 6.07 Å². The van der Waals surface area contributed by atoms with Crippen LogP contribution in [0.5, 0.6) is 0 Å². The Labute approximate surface area is 145 Å². The van der Waals surface area contributed by atoms with Gasteiger partial charge in [-0.15, -0.1) is 0 Å². The summed E-state index contributed by atoms with van der Waals surface area (Å²) in [4.78, 5) is 28.1. The lowest BCUT2D eigenvalue weighted by Gasteiger charge is -2.07. The van der Waals surface area contributed by atoms with Gasteiger partial charge in [-0.05, 0) is 48.9 Å². The van der Waals surface area contributed by atoms with E-state index in [1.165, 1.54) is 0 Å². The van der Waals surface area contributed by atoms with Crippen molar-refractivity contribution in [1.29, 1.82) is 0 Å². The second-order valence-electron chi connectivity index (χ2n) is 5.70. The molecule has 6 heteroatoms. The first-order valence-electron chi connectivity index (χ1n) is 8.04. The lowest BCUT2D eigenvalue weighted by Crippen LogP contribution is -2.14. The number of aromatic nitrogens is 2. The summed E-state index contributed by atoms with van der Waals surface area (Å²) in [5.74, 6) is -0.497. The molecule has 0 bridgehead atoms. The first kappa shape index (κ1) is 16.7. The molecule has 1 amide bonds. The number of hydrogen-bond acceptors (Lipinski definition) is 4. The average Bonchev–Trinajstić information content (AvgIpc) is 2.96. The van der Waals surface area contributed by atoms with Crippen LogP contribution in [0.4, 0.5) is 5.69 Å². The molecule has 0 atom stereocenters. The van der Waals surface area contributed by atoms with E-state index in [4.69, 9.17) is 4.74 Å². The second-order valence-corrected chi connectivity index (χ2v) is 5.70. The number of carbonyl (C=O) groups excluding carboxylic acids is 2. The van der Waals surface area contributed by atoms with Crippen molar-refractivity contribution in [3.05, 3.63) is 59.9 Å². The van der Waals surface area contributed by atoms with E-state index >= 15 is 0 Å². The Morgan fingerprint density at radius 3 is 2.64 bits per heavy atom. The minimum Gasteiger partial charge on any atom is -0.462 e. The zero-order chi connectivity index (χ0) is 17.8. The van der Waals surface area contributed by atoms with Gasteiger partial charge in [0, 0.05) is 12.7 Å². The van der Waals surface area contributed by atoms with E-state index in [-0.39, 0.29) is 18.3 Å². The number of anilines is 1. The maximum atomic E-state index is 12.2. The number of fused-ring (bicyclic) bond motifs is 1. The predicted molar refractivity (Wildman–Crippen MR) is 95.4 cm³/mol. The molecule has 6 nitrogen and oxygen atoms in total. The Bertz CT molecular complexity index is 913. The van der Waals surface area contributed by atoms with Crippen molar-refractivity contribution in [2.45, 2.75) is 13.3 Å². The highest BCUT2D eigenvalue weighted by molar-refractivity contribution is 5.94. The van der Waals surface area contributed by atoms with Gasteiger partial charge in [-0.25, -0.2) is 9.78 Å². The molecule has 0 unspecified atom stereocenters. The van der Waals surface area contributed by atoms with Gasteiger partial charge in [0.15, 0.2) is 0 Å². The topological polar surface area (TPSA) is 73.2 Å². The van der Waals surface area contributed by atoms with Gasteiger partial charge < -0.3 is 14.6 Å². The molecule has 128 valence electrons. The van der Waals surface area contributed by atoms with Crippen LogP contribution in [0.15, 0.2) is 48.8 Å².